The fourth-order valence-corrected chi connectivity index (χ4v) is 1.79. The number of morpholine rings is 1. The molecule has 0 N–H and O–H groups in total. The summed E-state index contributed by atoms with van der Waals surface area (Å²) in [5.74, 6) is 0. The van der Waals surface area contributed by atoms with Gasteiger partial charge in [0, 0.05) is 19.6 Å². The van der Waals surface area contributed by atoms with E-state index < -0.39 is 0 Å². The van der Waals surface area contributed by atoms with Crippen molar-refractivity contribution in [2.45, 2.75) is 18.9 Å². The number of nitrogens with zero attached hydrogens (tertiary/aromatic N) is 1. The maximum absolute atomic E-state index is 5.52. The molecule has 0 aliphatic carbocycles. The predicted molar refractivity (Wildman–Crippen MR) is 50.5 cm³/mol. The molecule has 1 unspecified atom stereocenters. The summed E-state index contributed by atoms with van der Waals surface area (Å²) in [4.78, 5) is 2.42. The summed E-state index contributed by atoms with van der Waals surface area (Å²) in [6, 6.07) is 0. The van der Waals surface area contributed by atoms with Crippen molar-refractivity contribution < 1.29 is 9.47 Å². The molecule has 0 saturated carbocycles. The zero-order chi connectivity index (χ0) is 8.93. The minimum atomic E-state index is 0.406. The van der Waals surface area contributed by atoms with Gasteiger partial charge in [0.1, 0.15) is 6.10 Å². The average molecular weight is 183 g/mol. The molecular weight excluding hydrogens is 166 g/mol. The Balaban J connectivity index is 1.72. The number of allylic oxidation sites excluding steroid dienone is 1. The van der Waals surface area contributed by atoms with Gasteiger partial charge in [-0.05, 0) is 18.9 Å². The fraction of sp³-hybridized carbons (Fsp3) is 0.800. The van der Waals surface area contributed by atoms with Gasteiger partial charge in [0.05, 0.1) is 19.5 Å². The van der Waals surface area contributed by atoms with Crippen LogP contribution >= 0.6 is 0 Å². The molecule has 0 aromatic rings. The van der Waals surface area contributed by atoms with Crippen molar-refractivity contribution in [3.8, 4) is 0 Å². The maximum atomic E-state index is 5.52. The van der Waals surface area contributed by atoms with Crippen molar-refractivity contribution in [1.29, 1.82) is 0 Å². The van der Waals surface area contributed by atoms with Gasteiger partial charge in [-0.3, -0.25) is 4.90 Å². The molecule has 13 heavy (non-hydrogen) atoms. The van der Waals surface area contributed by atoms with Crippen LogP contribution in [-0.4, -0.2) is 43.9 Å². The van der Waals surface area contributed by atoms with Gasteiger partial charge in [0.2, 0.25) is 0 Å². The molecular formula is C10H17NO2. The van der Waals surface area contributed by atoms with Crippen molar-refractivity contribution in [3.05, 3.63) is 12.3 Å². The van der Waals surface area contributed by atoms with Crippen LogP contribution in [0.4, 0.5) is 0 Å². The first-order chi connectivity index (χ1) is 6.45. The van der Waals surface area contributed by atoms with Gasteiger partial charge >= 0.3 is 0 Å². The molecule has 0 aromatic heterocycles. The number of rotatable bonds is 2. The molecule has 0 radical (unpaired) electrons. The van der Waals surface area contributed by atoms with Gasteiger partial charge in [0.15, 0.2) is 0 Å². The van der Waals surface area contributed by atoms with E-state index in [0.717, 1.165) is 45.7 Å². The fourth-order valence-electron chi connectivity index (χ4n) is 1.79. The third-order valence-electron chi connectivity index (χ3n) is 2.59. The highest BCUT2D eigenvalue weighted by Crippen LogP contribution is 2.12. The third-order valence-corrected chi connectivity index (χ3v) is 2.59. The lowest BCUT2D eigenvalue weighted by atomic mass is 10.1. The first-order valence-electron chi connectivity index (χ1n) is 5.06. The van der Waals surface area contributed by atoms with E-state index in [2.05, 4.69) is 11.0 Å². The van der Waals surface area contributed by atoms with E-state index in [1.807, 2.05) is 6.26 Å². The second-order valence-electron chi connectivity index (χ2n) is 3.62. The molecule has 2 rings (SSSR count). The topological polar surface area (TPSA) is 21.7 Å². The van der Waals surface area contributed by atoms with E-state index >= 15 is 0 Å². The summed E-state index contributed by atoms with van der Waals surface area (Å²) in [5.41, 5.74) is 0. The van der Waals surface area contributed by atoms with Crippen LogP contribution in [0.5, 0.6) is 0 Å². The van der Waals surface area contributed by atoms with Crippen LogP contribution in [0.25, 0.3) is 0 Å². The van der Waals surface area contributed by atoms with Gasteiger partial charge in [-0.2, -0.15) is 0 Å². The molecule has 3 heteroatoms. The van der Waals surface area contributed by atoms with Crippen LogP contribution in [0.3, 0.4) is 0 Å². The molecule has 3 nitrogen and oxygen atoms in total. The van der Waals surface area contributed by atoms with Crippen LogP contribution in [-0.2, 0) is 9.47 Å². The Morgan fingerprint density at radius 3 is 2.85 bits per heavy atom. The first kappa shape index (κ1) is 9.03. The Hall–Kier alpha value is -0.540. The summed E-state index contributed by atoms with van der Waals surface area (Å²) in [6.45, 7) is 4.94. The molecule has 2 aliphatic rings. The van der Waals surface area contributed by atoms with Crippen LogP contribution in [0.2, 0.25) is 0 Å². The van der Waals surface area contributed by atoms with Crippen molar-refractivity contribution in [2.24, 2.45) is 0 Å². The SMILES string of the molecule is C1=COC(CN2CCOCC2)CC1. The lowest BCUT2D eigenvalue weighted by molar-refractivity contribution is 0.00730. The lowest BCUT2D eigenvalue weighted by Gasteiger charge is -2.30. The summed E-state index contributed by atoms with van der Waals surface area (Å²) < 4.78 is 10.8. The summed E-state index contributed by atoms with van der Waals surface area (Å²) in [7, 11) is 0. The summed E-state index contributed by atoms with van der Waals surface area (Å²) in [6.07, 6.45) is 6.66. The zero-order valence-corrected chi connectivity index (χ0v) is 7.95. The van der Waals surface area contributed by atoms with E-state index in [-0.39, 0.29) is 0 Å². The van der Waals surface area contributed by atoms with E-state index in [0.29, 0.717) is 6.10 Å². The van der Waals surface area contributed by atoms with Gasteiger partial charge in [-0.15, -0.1) is 0 Å². The molecule has 0 amide bonds. The van der Waals surface area contributed by atoms with Crippen molar-refractivity contribution in [1.82, 2.24) is 4.90 Å². The van der Waals surface area contributed by atoms with Crippen LogP contribution in [0.1, 0.15) is 12.8 Å². The van der Waals surface area contributed by atoms with Gasteiger partial charge in [-0.25, -0.2) is 0 Å². The lowest BCUT2D eigenvalue weighted by Crippen LogP contribution is -2.41. The second-order valence-corrected chi connectivity index (χ2v) is 3.62. The molecule has 1 atom stereocenters. The Bertz CT molecular complexity index is 176. The molecule has 74 valence electrons. The number of ether oxygens (including phenoxy) is 2. The second kappa shape index (κ2) is 4.63. The monoisotopic (exact) mass is 183 g/mol. The predicted octanol–water partition coefficient (Wildman–Crippen LogP) is 1.01. The zero-order valence-electron chi connectivity index (χ0n) is 7.95. The largest absolute Gasteiger partial charge is 0.497 e. The minimum Gasteiger partial charge on any atom is -0.497 e. The van der Waals surface area contributed by atoms with Crippen LogP contribution < -0.4 is 0 Å². The molecule has 0 aromatic carbocycles. The van der Waals surface area contributed by atoms with E-state index in [9.17, 15) is 0 Å². The van der Waals surface area contributed by atoms with Gasteiger partial charge < -0.3 is 9.47 Å². The third kappa shape index (κ3) is 2.71. The van der Waals surface area contributed by atoms with Crippen LogP contribution in [0.15, 0.2) is 12.3 Å². The summed E-state index contributed by atoms with van der Waals surface area (Å²) >= 11 is 0. The highest BCUT2D eigenvalue weighted by molar-refractivity contribution is 4.83. The Labute approximate surface area is 79.3 Å². The maximum Gasteiger partial charge on any atom is 0.111 e. The van der Waals surface area contributed by atoms with Crippen molar-refractivity contribution in [3.63, 3.8) is 0 Å². The number of hydrogen-bond acceptors (Lipinski definition) is 3. The quantitative estimate of drug-likeness (QED) is 0.637. The molecule has 2 aliphatic heterocycles. The molecule has 1 saturated heterocycles. The van der Waals surface area contributed by atoms with Gasteiger partial charge in [0.25, 0.3) is 0 Å². The Kier molecular flexibility index (Phi) is 3.22. The highest BCUT2D eigenvalue weighted by Gasteiger charge is 2.17. The molecule has 2 heterocycles. The molecule has 1 fully saturated rings. The highest BCUT2D eigenvalue weighted by atomic mass is 16.5. The van der Waals surface area contributed by atoms with E-state index in [1.54, 1.807) is 0 Å². The Morgan fingerprint density at radius 2 is 2.15 bits per heavy atom. The standard InChI is InChI=1S/C10H17NO2/c1-2-6-13-10(3-1)9-11-4-7-12-8-5-11/h2,6,10H,1,3-5,7-9H2. The van der Waals surface area contributed by atoms with Crippen molar-refractivity contribution >= 4 is 0 Å². The molecule has 0 bridgehead atoms. The van der Waals surface area contributed by atoms with Crippen LogP contribution in [0, 0.1) is 0 Å². The van der Waals surface area contributed by atoms with E-state index in [4.69, 9.17) is 9.47 Å². The Morgan fingerprint density at radius 1 is 1.31 bits per heavy atom. The molecule has 0 spiro atoms. The van der Waals surface area contributed by atoms with E-state index in [1.165, 1.54) is 0 Å². The average Bonchev–Trinajstić information content (AvgIpc) is 2.21. The first-order valence-corrected chi connectivity index (χ1v) is 5.06. The normalized spacial score (nSPS) is 30.0. The van der Waals surface area contributed by atoms with Gasteiger partial charge in [-0.1, -0.05) is 0 Å². The number of hydrogen-bond donors (Lipinski definition) is 0. The smallest absolute Gasteiger partial charge is 0.111 e. The summed E-state index contributed by atoms with van der Waals surface area (Å²) in [5, 5.41) is 0. The minimum absolute atomic E-state index is 0.406. The van der Waals surface area contributed by atoms with Crippen molar-refractivity contribution in [2.75, 3.05) is 32.8 Å².